The number of ether oxygens (including phenoxy) is 1. The average Bonchev–Trinajstić information content (AvgIpc) is 2.59. The zero-order chi connectivity index (χ0) is 14.4. The van der Waals surface area contributed by atoms with Crippen molar-refractivity contribution in [2.24, 2.45) is 11.8 Å². The van der Waals surface area contributed by atoms with Crippen molar-refractivity contribution in [3.8, 4) is 0 Å². The van der Waals surface area contributed by atoms with E-state index in [4.69, 9.17) is 4.74 Å². The molecule has 0 aromatic heterocycles. The lowest BCUT2D eigenvalue weighted by atomic mass is 9.94. The first-order chi connectivity index (χ1) is 9.68. The van der Waals surface area contributed by atoms with Gasteiger partial charge in [-0.05, 0) is 55.1 Å². The molecule has 0 radical (unpaired) electrons. The molecule has 0 spiro atoms. The minimum Gasteiger partial charge on any atom is -0.381 e. The largest absolute Gasteiger partial charge is 0.381 e. The van der Waals surface area contributed by atoms with E-state index < -0.39 is 0 Å². The van der Waals surface area contributed by atoms with Crippen LogP contribution in [-0.4, -0.2) is 13.2 Å². The summed E-state index contributed by atoms with van der Waals surface area (Å²) >= 11 is 3.94. The Morgan fingerprint density at radius 2 is 2.05 bits per heavy atom. The summed E-state index contributed by atoms with van der Waals surface area (Å²) in [6.07, 6.45) is 6.17. The van der Waals surface area contributed by atoms with Gasteiger partial charge in [0.15, 0.2) is 0 Å². The fourth-order valence-corrected chi connectivity index (χ4v) is 3.91. The Balaban J connectivity index is 1.83. The van der Waals surface area contributed by atoms with Gasteiger partial charge in [-0.3, -0.25) is 0 Å². The molecule has 2 atom stereocenters. The number of rotatable bonds is 6. The normalized spacial score (nSPS) is 22.6. The Morgan fingerprint density at radius 3 is 2.85 bits per heavy atom. The predicted molar refractivity (Wildman–Crippen MR) is 89.4 cm³/mol. The first kappa shape index (κ1) is 16.0. The minimum absolute atomic E-state index is 0.495. The van der Waals surface area contributed by atoms with E-state index in [0.29, 0.717) is 10.7 Å². The molecule has 112 valence electrons. The van der Waals surface area contributed by atoms with Gasteiger partial charge in [-0.1, -0.05) is 54.0 Å². The lowest BCUT2D eigenvalue weighted by Gasteiger charge is -2.21. The summed E-state index contributed by atoms with van der Waals surface area (Å²) in [5.74, 6) is 1.45. The van der Waals surface area contributed by atoms with Crippen LogP contribution in [0.2, 0.25) is 0 Å². The summed E-state index contributed by atoms with van der Waals surface area (Å²) in [5, 5.41) is 0. The molecule has 1 aliphatic rings. The molecular formula is C18H27BrO. The van der Waals surface area contributed by atoms with Gasteiger partial charge in [0, 0.05) is 18.0 Å². The highest BCUT2D eigenvalue weighted by Gasteiger charge is 2.25. The zero-order valence-electron chi connectivity index (χ0n) is 12.8. The van der Waals surface area contributed by atoms with Crippen LogP contribution < -0.4 is 0 Å². The first-order valence-corrected chi connectivity index (χ1v) is 8.89. The number of benzene rings is 1. The molecule has 0 bridgehead atoms. The van der Waals surface area contributed by atoms with E-state index in [1.54, 1.807) is 0 Å². The highest BCUT2D eigenvalue weighted by molar-refractivity contribution is 9.09. The fraction of sp³-hybridized carbons (Fsp3) is 0.667. The second-order valence-corrected chi connectivity index (χ2v) is 7.32. The summed E-state index contributed by atoms with van der Waals surface area (Å²) in [5.41, 5.74) is 3.02. The zero-order valence-corrected chi connectivity index (χ0v) is 14.4. The van der Waals surface area contributed by atoms with Crippen molar-refractivity contribution in [3.05, 3.63) is 35.4 Å². The van der Waals surface area contributed by atoms with Crippen molar-refractivity contribution in [1.29, 1.82) is 0 Å². The highest BCUT2D eigenvalue weighted by atomic mass is 79.9. The van der Waals surface area contributed by atoms with Gasteiger partial charge in [0.1, 0.15) is 0 Å². The van der Waals surface area contributed by atoms with Crippen LogP contribution in [0.3, 0.4) is 0 Å². The summed E-state index contributed by atoms with van der Waals surface area (Å²) in [6, 6.07) is 8.89. The third kappa shape index (κ3) is 4.60. The fourth-order valence-electron chi connectivity index (χ4n) is 2.93. The molecule has 1 aromatic carbocycles. The van der Waals surface area contributed by atoms with Gasteiger partial charge in [0.2, 0.25) is 0 Å². The van der Waals surface area contributed by atoms with Gasteiger partial charge in [0.05, 0.1) is 0 Å². The van der Waals surface area contributed by atoms with E-state index in [1.807, 2.05) is 0 Å². The molecule has 0 saturated carbocycles. The van der Waals surface area contributed by atoms with E-state index in [9.17, 15) is 0 Å². The summed E-state index contributed by atoms with van der Waals surface area (Å²) in [4.78, 5) is 0.495. The van der Waals surface area contributed by atoms with Gasteiger partial charge in [-0.15, -0.1) is 0 Å². The minimum atomic E-state index is 0.495. The van der Waals surface area contributed by atoms with Crippen LogP contribution >= 0.6 is 15.9 Å². The van der Waals surface area contributed by atoms with Gasteiger partial charge in [-0.25, -0.2) is 0 Å². The SMILES string of the molecule is CC(C)CCOCCC1CCCc2ccccc2C1Br. The molecule has 0 saturated heterocycles. The number of hydrogen-bond acceptors (Lipinski definition) is 1. The van der Waals surface area contributed by atoms with Crippen LogP contribution in [0.1, 0.15) is 55.5 Å². The molecule has 2 rings (SSSR count). The van der Waals surface area contributed by atoms with Crippen molar-refractivity contribution in [2.75, 3.05) is 13.2 Å². The third-order valence-electron chi connectivity index (χ3n) is 4.26. The van der Waals surface area contributed by atoms with Gasteiger partial charge in [0.25, 0.3) is 0 Å². The second-order valence-electron chi connectivity index (χ2n) is 6.34. The Kier molecular flexibility index (Phi) is 6.57. The van der Waals surface area contributed by atoms with Crippen LogP contribution in [0.5, 0.6) is 0 Å². The molecule has 20 heavy (non-hydrogen) atoms. The second kappa shape index (κ2) is 8.19. The molecule has 0 heterocycles. The average molecular weight is 339 g/mol. The van der Waals surface area contributed by atoms with Crippen LogP contribution in [0.4, 0.5) is 0 Å². The quantitative estimate of drug-likeness (QED) is 0.376. The lowest BCUT2D eigenvalue weighted by Crippen LogP contribution is -2.11. The lowest BCUT2D eigenvalue weighted by molar-refractivity contribution is 0.109. The first-order valence-electron chi connectivity index (χ1n) is 7.98. The number of alkyl halides is 1. The monoisotopic (exact) mass is 338 g/mol. The van der Waals surface area contributed by atoms with Crippen molar-refractivity contribution in [2.45, 2.75) is 50.8 Å². The molecule has 1 nitrogen and oxygen atoms in total. The maximum Gasteiger partial charge on any atom is 0.0469 e. The Labute approximate surface area is 132 Å². The van der Waals surface area contributed by atoms with Gasteiger partial charge >= 0.3 is 0 Å². The number of aryl methyl sites for hydroxylation is 1. The maximum absolute atomic E-state index is 5.80. The highest BCUT2D eigenvalue weighted by Crippen LogP contribution is 2.40. The van der Waals surface area contributed by atoms with E-state index in [2.05, 4.69) is 54.0 Å². The summed E-state index contributed by atoms with van der Waals surface area (Å²) in [7, 11) is 0. The Bertz CT molecular complexity index is 402. The predicted octanol–water partition coefficient (Wildman–Crippen LogP) is 5.53. The number of hydrogen-bond donors (Lipinski definition) is 0. The molecule has 0 amide bonds. The van der Waals surface area contributed by atoms with E-state index in [-0.39, 0.29) is 0 Å². The van der Waals surface area contributed by atoms with E-state index >= 15 is 0 Å². The van der Waals surface area contributed by atoms with Crippen LogP contribution in [-0.2, 0) is 11.2 Å². The summed E-state index contributed by atoms with van der Waals surface area (Å²) in [6.45, 7) is 6.32. The van der Waals surface area contributed by atoms with Gasteiger partial charge < -0.3 is 4.74 Å². The van der Waals surface area contributed by atoms with Crippen molar-refractivity contribution >= 4 is 15.9 Å². The smallest absolute Gasteiger partial charge is 0.0469 e. The molecule has 0 fully saturated rings. The Morgan fingerprint density at radius 1 is 1.25 bits per heavy atom. The topological polar surface area (TPSA) is 9.23 Å². The van der Waals surface area contributed by atoms with Crippen molar-refractivity contribution in [3.63, 3.8) is 0 Å². The third-order valence-corrected chi connectivity index (χ3v) is 5.50. The molecule has 2 unspecified atom stereocenters. The van der Waals surface area contributed by atoms with Crippen LogP contribution in [0.15, 0.2) is 24.3 Å². The molecule has 0 aliphatic heterocycles. The standard InChI is InChI=1S/C18H27BrO/c1-14(2)10-12-20-13-11-16-8-5-7-15-6-3-4-9-17(15)18(16)19/h3-4,6,9,14,16,18H,5,7-8,10-13H2,1-2H3. The van der Waals surface area contributed by atoms with Gasteiger partial charge in [-0.2, -0.15) is 0 Å². The number of halogens is 1. The van der Waals surface area contributed by atoms with Crippen molar-refractivity contribution in [1.82, 2.24) is 0 Å². The Hall–Kier alpha value is -0.340. The molecule has 0 N–H and O–H groups in total. The van der Waals surface area contributed by atoms with Crippen molar-refractivity contribution < 1.29 is 4.74 Å². The summed E-state index contributed by atoms with van der Waals surface area (Å²) < 4.78 is 5.80. The van der Waals surface area contributed by atoms with E-state index in [0.717, 1.165) is 19.1 Å². The number of fused-ring (bicyclic) bond motifs is 1. The van der Waals surface area contributed by atoms with Crippen LogP contribution in [0.25, 0.3) is 0 Å². The molecular weight excluding hydrogens is 312 g/mol. The maximum atomic E-state index is 5.80. The molecule has 2 heteroatoms. The molecule has 1 aromatic rings. The molecule has 1 aliphatic carbocycles. The van der Waals surface area contributed by atoms with E-state index in [1.165, 1.54) is 43.2 Å². The van der Waals surface area contributed by atoms with Crippen LogP contribution in [0, 0.1) is 11.8 Å².